The summed E-state index contributed by atoms with van der Waals surface area (Å²) in [6, 6.07) is 3.16. The van der Waals surface area contributed by atoms with Crippen LogP contribution in [0.25, 0.3) is 22.7 Å². The molecule has 0 fully saturated rings. The molecule has 3 aromatic heterocycles. The predicted molar refractivity (Wildman–Crippen MR) is 60.0 cm³/mol. The number of furan rings is 1. The lowest BCUT2D eigenvalue weighted by Gasteiger charge is -1.86. The van der Waals surface area contributed by atoms with Gasteiger partial charge >= 0.3 is 5.69 Å². The zero-order chi connectivity index (χ0) is 12.0. The van der Waals surface area contributed by atoms with Crippen molar-refractivity contribution in [1.82, 2.24) is 19.9 Å². The quantitative estimate of drug-likeness (QED) is 0.597. The summed E-state index contributed by atoms with van der Waals surface area (Å²) in [6.07, 6.45) is 0. The smallest absolute Gasteiger partial charge is 0.327 e. The summed E-state index contributed by atoms with van der Waals surface area (Å²) in [5.41, 5.74) is -0.813. The highest BCUT2D eigenvalue weighted by Crippen LogP contribution is 2.22. The number of H-pyrrole nitrogens is 3. The van der Waals surface area contributed by atoms with Gasteiger partial charge < -0.3 is 9.40 Å². The van der Waals surface area contributed by atoms with Crippen molar-refractivity contribution in [3.05, 3.63) is 38.2 Å². The molecule has 0 saturated carbocycles. The van der Waals surface area contributed by atoms with Crippen LogP contribution in [0.5, 0.6) is 0 Å². The fraction of sp³-hybridized carbons (Fsp3) is 0. The van der Waals surface area contributed by atoms with Crippen molar-refractivity contribution in [2.75, 3.05) is 0 Å². The van der Waals surface area contributed by atoms with Crippen LogP contribution in [0.3, 0.4) is 0 Å². The molecule has 0 aliphatic carbocycles. The Labute approximate surface area is 97.5 Å². The van der Waals surface area contributed by atoms with Crippen LogP contribution in [0.4, 0.5) is 0 Å². The van der Waals surface area contributed by atoms with Gasteiger partial charge in [0.15, 0.2) is 22.5 Å². The predicted octanol–water partition coefficient (Wildman–Crippen LogP) is 0.853. The van der Waals surface area contributed by atoms with Crippen molar-refractivity contribution in [2.24, 2.45) is 0 Å². The maximum absolute atomic E-state index is 11.4. The van der Waals surface area contributed by atoms with E-state index < -0.39 is 11.2 Å². The van der Waals surface area contributed by atoms with Crippen molar-refractivity contribution in [3.8, 4) is 11.6 Å². The van der Waals surface area contributed by atoms with E-state index in [1.165, 1.54) is 0 Å². The van der Waals surface area contributed by atoms with Gasteiger partial charge in [0, 0.05) is 0 Å². The summed E-state index contributed by atoms with van der Waals surface area (Å²) >= 11 is 5.63. The van der Waals surface area contributed by atoms with E-state index in [-0.39, 0.29) is 16.4 Å². The number of nitrogens with zero attached hydrogens (tertiary/aromatic N) is 1. The number of fused-ring (bicyclic) bond motifs is 1. The topological polar surface area (TPSA) is 108 Å². The summed E-state index contributed by atoms with van der Waals surface area (Å²) in [5.74, 6) is 0.700. The van der Waals surface area contributed by atoms with E-state index in [0.29, 0.717) is 11.6 Å². The molecular weight excluding hydrogens is 248 g/mol. The molecule has 3 heterocycles. The Morgan fingerprint density at radius 2 is 2.00 bits per heavy atom. The van der Waals surface area contributed by atoms with Gasteiger partial charge in [-0.05, 0) is 23.7 Å². The SMILES string of the molecule is O=c1[nH]c(=O)c2[nH]c(-c3ccc(Cl)o3)nc2[nH]1. The van der Waals surface area contributed by atoms with Gasteiger partial charge in [0.05, 0.1) is 0 Å². The first-order valence-corrected chi connectivity index (χ1v) is 4.99. The highest BCUT2D eigenvalue weighted by Gasteiger charge is 2.11. The summed E-state index contributed by atoms with van der Waals surface area (Å²) in [4.78, 5) is 33.8. The second kappa shape index (κ2) is 3.36. The number of imidazole rings is 1. The molecule has 3 aromatic rings. The number of rotatable bonds is 1. The third-order valence-corrected chi connectivity index (χ3v) is 2.40. The van der Waals surface area contributed by atoms with Crippen LogP contribution in [-0.4, -0.2) is 19.9 Å². The average molecular weight is 253 g/mol. The van der Waals surface area contributed by atoms with E-state index in [1.807, 2.05) is 0 Å². The van der Waals surface area contributed by atoms with E-state index in [0.717, 1.165) is 0 Å². The molecule has 0 saturated heterocycles. The molecule has 17 heavy (non-hydrogen) atoms. The van der Waals surface area contributed by atoms with Gasteiger partial charge in [-0.25, -0.2) is 9.78 Å². The lowest BCUT2D eigenvalue weighted by molar-refractivity contribution is 0.580. The molecule has 0 aliphatic rings. The molecule has 3 N–H and O–H groups in total. The number of hydrogen-bond donors (Lipinski definition) is 3. The summed E-state index contributed by atoms with van der Waals surface area (Å²) in [7, 11) is 0. The minimum atomic E-state index is -0.613. The van der Waals surface area contributed by atoms with Crippen LogP contribution in [0.2, 0.25) is 5.22 Å². The van der Waals surface area contributed by atoms with Gasteiger partial charge in [-0.3, -0.25) is 14.8 Å². The van der Waals surface area contributed by atoms with Crippen LogP contribution in [0.1, 0.15) is 0 Å². The Kier molecular flexibility index (Phi) is 1.96. The Hall–Kier alpha value is -2.28. The molecule has 7 nitrogen and oxygen atoms in total. The van der Waals surface area contributed by atoms with Crippen molar-refractivity contribution in [3.63, 3.8) is 0 Å². The Bertz CT molecular complexity index is 809. The third-order valence-electron chi connectivity index (χ3n) is 2.20. The fourth-order valence-electron chi connectivity index (χ4n) is 1.49. The van der Waals surface area contributed by atoms with Crippen molar-refractivity contribution in [1.29, 1.82) is 0 Å². The summed E-state index contributed by atoms with van der Waals surface area (Å²) in [6.45, 7) is 0. The molecule has 3 rings (SSSR count). The van der Waals surface area contributed by atoms with Crippen LogP contribution < -0.4 is 11.2 Å². The Morgan fingerprint density at radius 3 is 2.71 bits per heavy atom. The first-order chi connectivity index (χ1) is 8.13. The van der Waals surface area contributed by atoms with Gasteiger partial charge in [-0.2, -0.15) is 0 Å². The minimum absolute atomic E-state index is 0.168. The van der Waals surface area contributed by atoms with E-state index in [4.69, 9.17) is 16.0 Å². The van der Waals surface area contributed by atoms with E-state index in [2.05, 4.69) is 19.9 Å². The standard InChI is InChI=1S/C9H5ClN4O3/c10-4-2-1-3(17-4)6-11-5-7(12-6)13-9(16)14-8(5)15/h1-2H,(H3,11,12,13,14,15,16). The van der Waals surface area contributed by atoms with E-state index in [9.17, 15) is 9.59 Å². The molecule has 86 valence electrons. The van der Waals surface area contributed by atoms with Gasteiger partial charge in [0.25, 0.3) is 5.56 Å². The minimum Gasteiger partial charge on any atom is -0.441 e. The maximum Gasteiger partial charge on any atom is 0.327 e. The zero-order valence-electron chi connectivity index (χ0n) is 8.20. The monoisotopic (exact) mass is 252 g/mol. The summed E-state index contributed by atoms with van der Waals surface area (Å²) in [5, 5.41) is 0.211. The number of aromatic nitrogens is 4. The van der Waals surface area contributed by atoms with Crippen LogP contribution in [-0.2, 0) is 0 Å². The highest BCUT2D eigenvalue weighted by molar-refractivity contribution is 6.28. The maximum atomic E-state index is 11.4. The second-order valence-corrected chi connectivity index (χ2v) is 3.69. The van der Waals surface area contributed by atoms with Gasteiger partial charge in [0.1, 0.15) is 5.52 Å². The first-order valence-electron chi connectivity index (χ1n) is 4.61. The zero-order valence-corrected chi connectivity index (χ0v) is 8.96. The molecular formula is C9H5ClN4O3. The van der Waals surface area contributed by atoms with Crippen LogP contribution in [0.15, 0.2) is 26.1 Å². The lowest BCUT2D eigenvalue weighted by atomic mass is 10.4. The molecule has 0 bridgehead atoms. The first kappa shape index (κ1) is 9.91. The second-order valence-electron chi connectivity index (χ2n) is 3.32. The van der Waals surface area contributed by atoms with Crippen molar-refractivity contribution < 1.29 is 4.42 Å². The summed E-state index contributed by atoms with van der Waals surface area (Å²) < 4.78 is 5.14. The van der Waals surface area contributed by atoms with Gasteiger partial charge in [0.2, 0.25) is 0 Å². The molecule has 0 spiro atoms. The molecule has 8 heteroatoms. The van der Waals surface area contributed by atoms with Crippen LogP contribution >= 0.6 is 11.6 Å². The third kappa shape index (κ3) is 1.56. The number of nitrogens with one attached hydrogen (secondary N) is 3. The Balaban J connectivity index is 2.30. The number of aromatic amines is 3. The normalized spacial score (nSPS) is 11.1. The lowest BCUT2D eigenvalue weighted by Crippen LogP contribution is -2.21. The van der Waals surface area contributed by atoms with E-state index in [1.54, 1.807) is 12.1 Å². The van der Waals surface area contributed by atoms with E-state index >= 15 is 0 Å². The number of halogens is 1. The van der Waals surface area contributed by atoms with Crippen molar-refractivity contribution >= 4 is 22.8 Å². The highest BCUT2D eigenvalue weighted by atomic mass is 35.5. The molecule has 0 unspecified atom stereocenters. The Morgan fingerprint density at radius 1 is 1.18 bits per heavy atom. The average Bonchev–Trinajstić information content (AvgIpc) is 2.83. The largest absolute Gasteiger partial charge is 0.441 e. The van der Waals surface area contributed by atoms with Gasteiger partial charge in [-0.1, -0.05) is 0 Å². The molecule has 0 atom stereocenters. The van der Waals surface area contributed by atoms with Gasteiger partial charge in [-0.15, -0.1) is 0 Å². The molecule has 0 aromatic carbocycles. The van der Waals surface area contributed by atoms with Crippen molar-refractivity contribution in [2.45, 2.75) is 0 Å². The van der Waals surface area contributed by atoms with Crippen LogP contribution in [0, 0.1) is 0 Å². The molecule has 0 aliphatic heterocycles. The molecule has 0 amide bonds. The fourth-order valence-corrected chi connectivity index (χ4v) is 1.64. The number of hydrogen-bond acceptors (Lipinski definition) is 4. The molecule has 0 radical (unpaired) electrons.